The van der Waals surface area contributed by atoms with Crippen LogP contribution in [0.15, 0.2) is 48.5 Å². The van der Waals surface area contributed by atoms with Crippen LogP contribution in [0, 0.1) is 27.7 Å². The van der Waals surface area contributed by atoms with Gasteiger partial charge < -0.3 is 40.6 Å². The molecule has 0 radical (unpaired) electrons. The predicted octanol–water partition coefficient (Wildman–Crippen LogP) is 8.60. The Labute approximate surface area is 264 Å². The number of hydrogen-bond donors (Lipinski definition) is 4. The first-order valence-electron chi connectivity index (χ1n) is 15.2. The molecule has 8 heteroatoms. The van der Waals surface area contributed by atoms with Gasteiger partial charge in [0.2, 0.25) is 0 Å². The van der Waals surface area contributed by atoms with E-state index in [0.717, 1.165) is 33.4 Å². The third kappa shape index (κ3) is 5.12. The highest BCUT2D eigenvalue weighted by atomic mass is 16.7. The van der Waals surface area contributed by atoms with Gasteiger partial charge in [-0.05, 0) is 86.3 Å². The van der Waals surface area contributed by atoms with E-state index in [2.05, 4.69) is 55.4 Å². The van der Waals surface area contributed by atoms with E-state index in [4.69, 9.17) is 30.4 Å². The Morgan fingerprint density at radius 2 is 1.00 bits per heavy atom. The maximum absolute atomic E-state index is 10.3. The number of rotatable bonds is 4. The van der Waals surface area contributed by atoms with Crippen molar-refractivity contribution in [2.45, 2.75) is 84.8 Å². The first-order chi connectivity index (χ1) is 21.0. The van der Waals surface area contributed by atoms with Crippen LogP contribution in [-0.2, 0) is 10.8 Å². The molecule has 4 aromatic carbocycles. The number of aryl methyl sites for hydroxylation is 2. The number of fused-ring (bicyclic) bond motifs is 2. The highest BCUT2D eigenvalue weighted by Gasteiger charge is 2.55. The summed E-state index contributed by atoms with van der Waals surface area (Å²) < 4.78 is 26.9. The molecule has 2 heterocycles. The largest absolute Gasteiger partial charge is 0.506 e. The predicted molar refractivity (Wildman–Crippen MR) is 176 cm³/mol. The molecule has 4 aromatic rings. The Morgan fingerprint density at radius 3 is 1.36 bits per heavy atom. The van der Waals surface area contributed by atoms with Gasteiger partial charge in [-0.25, -0.2) is 0 Å². The van der Waals surface area contributed by atoms with E-state index in [-0.39, 0.29) is 33.7 Å². The van der Waals surface area contributed by atoms with Gasteiger partial charge in [0, 0.05) is 46.9 Å². The zero-order valence-corrected chi connectivity index (χ0v) is 27.2. The average molecular weight is 611 g/mol. The summed E-state index contributed by atoms with van der Waals surface area (Å²) in [5, 5.41) is 20.5. The molecule has 45 heavy (non-hydrogen) atoms. The van der Waals surface area contributed by atoms with E-state index in [1.54, 1.807) is 24.3 Å². The van der Waals surface area contributed by atoms with Crippen molar-refractivity contribution < 1.29 is 29.2 Å². The summed E-state index contributed by atoms with van der Waals surface area (Å²) in [6.45, 7) is 17.2. The van der Waals surface area contributed by atoms with Gasteiger partial charge in [-0.3, -0.25) is 0 Å². The lowest BCUT2D eigenvalue weighted by molar-refractivity contribution is -0.168. The van der Waals surface area contributed by atoms with Crippen LogP contribution >= 0.6 is 0 Å². The van der Waals surface area contributed by atoms with Gasteiger partial charge >= 0.3 is 0 Å². The standard InChI is InChI=1S/C37H42N2O6/c1-19-13-29(42-23-9-11-25(38)27(40)15-23)33-31(21(19)3)35(5,6)17-37(44-33)18-36(7,8)32-22(4)20(2)14-30(34(32)45-37)43-24-10-12-26(39)28(41)16-24/h9-16,40-41H,17-18,38-39H2,1-8H3. The van der Waals surface area contributed by atoms with E-state index in [9.17, 15) is 10.2 Å². The molecule has 1 spiro atoms. The Morgan fingerprint density at radius 1 is 0.622 bits per heavy atom. The molecule has 6 N–H and O–H groups in total. The highest BCUT2D eigenvalue weighted by Crippen LogP contribution is 2.59. The summed E-state index contributed by atoms with van der Waals surface area (Å²) in [5.74, 6) is 2.01. The number of aromatic hydroxyl groups is 2. The van der Waals surface area contributed by atoms with Crippen molar-refractivity contribution in [1.29, 1.82) is 0 Å². The minimum atomic E-state index is -1.06. The number of phenols is 2. The third-order valence-corrected chi connectivity index (χ3v) is 9.34. The minimum absolute atomic E-state index is 0.0514. The van der Waals surface area contributed by atoms with Crippen molar-refractivity contribution in [2.24, 2.45) is 0 Å². The molecule has 8 nitrogen and oxygen atoms in total. The van der Waals surface area contributed by atoms with Crippen LogP contribution in [-0.4, -0.2) is 16.0 Å². The molecule has 0 aromatic heterocycles. The zero-order chi connectivity index (χ0) is 32.6. The second-order valence-electron chi connectivity index (χ2n) is 13.9. The molecule has 6 rings (SSSR count). The van der Waals surface area contributed by atoms with Crippen molar-refractivity contribution in [3.8, 4) is 46.0 Å². The molecule has 2 aliphatic rings. The van der Waals surface area contributed by atoms with Crippen molar-refractivity contribution in [3.05, 3.63) is 81.9 Å². The molecule has 0 aliphatic carbocycles. The number of nitrogen functional groups attached to an aromatic ring is 2. The lowest BCUT2D eigenvalue weighted by atomic mass is 9.67. The molecule has 0 atom stereocenters. The summed E-state index contributed by atoms with van der Waals surface area (Å²) in [6, 6.07) is 13.6. The fourth-order valence-electron chi connectivity index (χ4n) is 7.26. The van der Waals surface area contributed by atoms with E-state index < -0.39 is 5.79 Å². The van der Waals surface area contributed by atoms with Crippen LogP contribution < -0.4 is 30.4 Å². The van der Waals surface area contributed by atoms with Crippen LogP contribution in [0.4, 0.5) is 11.4 Å². The first-order valence-corrected chi connectivity index (χ1v) is 15.2. The summed E-state index contributed by atoms with van der Waals surface area (Å²) in [4.78, 5) is 0. The summed E-state index contributed by atoms with van der Waals surface area (Å²) >= 11 is 0. The fraction of sp³-hybridized carbons (Fsp3) is 0.351. The number of ether oxygens (including phenoxy) is 4. The third-order valence-electron chi connectivity index (χ3n) is 9.34. The molecule has 236 valence electrons. The smallest absolute Gasteiger partial charge is 0.253 e. The molecular formula is C37H42N2O6. The SMILES string of the molecule is Cc1cc(Oc2ccc(N)c(O)c2)c2c(c1C)C(C)(C)CC1(CC(C)(C)c3c(C)c(C)cc(Oc4ccc(N)c(O)c4)c3O1)O2. The second kappa shape index (κ2) is 10.2. The van der Waals surface area contributed by atoms with Crippen molar-refractivity contribution in [1.82, 2.24) is 0 Å². The minimum Gasteiger partial charge on any atom is -0.506 e. The maximum Gasteiger partial charge on any atom is 0.253 e. The molecule has 0 bridgehead atoms. The number of nitrogens with two attached hydrogens (primary N) is 2. The van der Waals surface area contributed by atoms with Gasteiger partial charge in [0.05, 0.1) is 11.4 Å². The average Bonchev–Trinajstić information content (AvgIpc) is 2.92. The van der Waals surface area contributed by atoms with Gasteiger partial charge in [0.15, 0.2) is 23.0 Å². The quantitative estimate of drug-likeness (QED) is 0.134. The Kier molecular flexibility index (Phi) is 6.84. The zero-order valence-electron chi connectivity index (χ0n) is 27.2. The van der Waals surface area contributed by atoms with Crippen LogP contribution in [0.5, 0.6) is 46.0 Å². The number of phenolic OH excluding ortho intramolecular Hbond substituents is 2. The number of benzene rings is 4. The lowest BCUT2D eigenvalue weighted by Crippen LogP contribution is -2.56. The van der Waals surface area contributed by atoms with Crippen molar-refractivity contribution in [2.75, 3.05) is 11.5 Å². The molecule has 0 amide bonds. The molecule has 0 saturated heterocycles. The Hall–Kier alpha value is -4.72. The normalized spacial score (nSPS) is 17.1. The molecule has 2 aliphatic heterocycles. The van der Waals surface area contributed by atoms with Crippen molar-refractivity contribution >= 4 is 11.4 Å². The van der Waals surface area contributed by atoms with Crippen LogP contribution in [0.25, 0.3) is 0 Å². The number of anilines is 2. The van der Waals surface area contributed by atoms with Crippen LogP contribution in [0.2, 0.25) is 0 Å². The van der Waals surface area contributed by atoms with E-state index in [1.165, 1.54) is 12.1 Å². The molecule has 0 fully saturated rings. The molecule has 0 unspecified atom stereocenters. The second-order valence-corrected chi connectivity index (χ2v) is 13.9. The topological polar surface area (TPSA) is 129 Å². The highest BCUT2D eigenvalue weighted by molar-refractivity contribution is 5.63. The molecular weight excluding hydrogens is 568 g/mol. The van der Waals surface area contributed by atoms with Gasteiger partial charge in [-0.2, -0.15) is 0 Å². The summed E-state index contributed by atoms with van der Waals surface area (Å²) in [7, 11) is 0. The van der Waals surface area contributed by atoms with E-state index >= 15 is 0 Å². The molecule has 0 saturated carbocycles. The summed E-state index contributed by atoms with van der Waals surface area (Å²) in [6.07, 6.45) is 1.16. The Bertz CT molecular complexity index is 1720. The van der Waals surface area contributed by atoms with Crippen LogP contribution in [0.3, 0.4) is 0 Å². The summed E-state index contributed by atoms with van der Waals surface area (Å²) in [5.41, 5.74) is 18.0. The Balaban J connectivity index is 1.49. The van der Waals surface area contributed by atoms with E-state index in [0.29, 0.717) is 47.3 Å². The van der Waals surface area contributed by atoms with Crippen molar-refractivity contribution in [3.63, 3.8) is 0 Å². The number of hydrogen-bond acceptors (Lipinski definition) is 8. The van der Waals surface area contributed by atoms with Gasteiger partial charge in [0.25, 0.3) is 5.79 Å². The fourth-order valence-corrected chi connectivity index (χ4v) is 7.26. The van der Waals surface area contributed by atoms with Gasteiger partial charge in [-0.15, -0.1) is 0 Å². The maximum atomic E-state index is 10.3. The van der Waals surface area contributed by atoms with Crippen LogP contribution in [0.1, 0.15) is 73.9 Å². The monoisotopic (exact) mass is 610 g/mol. The van der Waals surface area contributed by atoms with Gasteiger partial charge in [0.1, 0.15) is 23.0 Å². The first kappa shape index (κ1) is 30.3. The lowest BCUT2D eigenvalue weighted by Gasteiger charge is -2.52. The van der Waals surface area contributed by atoms with E-state index in [1.807, 2.05) is 12.1 Å². The van der Waals surface area contributed by atoms with Gasteiger partial charge in [-0.1, -0.05) is 27.7 Å².